The van der Waals surface area contributed by atoms with Crippen LogP contribution in [0.2, 0.25) is 0 Å². The number of carbonyl (C=O) groups excluding carboxylic acids is 1. The quantitative estimate of drug-likeness (QED) is 0.668. The standard InChI is InChI=1S/C14H10BrFN2O2/c15-10-5-6-13(19)9(7-10)8-17-18-14(20)11-3-1-2-4-12(11)16/h1-8,19H,(H,18,20)/b17-8+. The second kappa shape index (κ2) is 6.29. The lowest BCUT2D eigenvalue weighted by atomic mass is 10.2. The zero-order valence-electron chi connectivity index (χ0n) is 10.2. The molecule has 2 aromatic carbocycles. The summed E-state index contributed by atoms with van der Waals surface area (Å²) >= 11 is 3.25. The van der Waals surface area contributed by atoms with Gasteiger partial charge >= 0.3 is 0 Å². The highest BCUT2D eigenvalue weighted by Crippen LogP contribution is 2.19. The molecule has 0 bridgehead atoms. The average Bonchev–Trinajstić information content (AvgIpc) is 2.43. The zero-order chi connectivity index (χ0) is 14.5. The summed E-state index contributed by atoms with van der Waals surface area (Å²) < 4.78 is 14.1. The van der Waals surface area contributed by atoms with Gasteiger partial charge in [0.15, 0.2) is 0 Å². The highest BCUT2D eigenvalue weighted by atomic mass is 79.9. The third-order valence-electron chi connectivity index (χ3n) is 2.48. The van der Waals surface area contributed by atoms with Crippen LogP contribution in [0, 0.1) is 5.82 Å². The molecular formula is C14H10BrFN2O2. The highest BCUT2D eigenvalue weighted by molar-refractivity contribution is 9.10. The summed E-state index contributed by atoms with van der Waals surface area (Å²) in [6.07, 6.45) is 1.28. The minimum Gasteiger partial charge on any atom is -0.507 e. The summed E-state index contributed by atoms with van der Waals surface area (Å²) in [5.74, 6) is -1.25. The van der Waals surface area contributed by atoms with Crippen LogP contribution in [-0.2, 0) is 0 Å². The van der Waals surface area contributed by atoms with Crippen molar-refractivity contribution in [2.24, 2.45) is 5.10 Å². The van der Waals surface area contributed by atoms with Gasteiger partial charge in [-0.3, -0.25) is 4.79 Å². The summed E-state index contributed by atoms with van der Waals surface area (Å²) in [5, 5.41) is 13.3. The number of phenolic OH excluding ortho intramolecular Hbond substituents is 1. The first-order valence-electron chi connectivity index (χ1n) is 5.64. The molecule has 2 rings (SSSR count). The normalized spacial score (nSPS) is 10.7. The summed E-state index contributed by atoms with van der Waals surface area (Å²) in [5.41, 5.74) is 2.53. The molecule has 0 atom stereocenters. The number of hydrogen-bond acceptors (Lipinski definition) is 3. The lowest BCUT2D eigenvalue weighted by Gasteiger charge is -2.02. The Morgan fingerprint density at radius 3 is 2.80 bits per heavy atom. The van der Waals surface area contributed by atoms with Crippen LogP contribution in [0.4, 0.5) is 4.39 Å². The van der Waals surface area contributed by atoms with E-state index in [1.807, 2.05) is 0 Å². The van der Waals surface area contributed by atoms with Crippen molar-refractivity contribution in [3.63, 3.8) is 0 Å². The number of benzene rings is 2. The number of nitrogens with zero attached hydrogens (tertiary/aromatic N) is 1. The van der Waals surface area contributed by atoms with Crippen molar-refractivity contribution in [2.75, 3.05) is 0 Å². The van der Waals surface area contributed by atoms with E-state index < -0.39 is 11.7 Å². The minimum atomic E-state index is -0.658. The predicted molar refractivity (Wildman–Crippen MR) is 77.3 cm³/mol. The molecule has 0 aromatic heterocycles. The van der Waals surface area contributed by atoms with Crippen LogP contribution in [0.25, 0.3) is 0 Å². The number of aromatic hydroxyl groups is 1. The van der Waals surface area contributed by atoms with Crippen molar-refractivity contribution in [1.29, 1.82) is 0 Å². The Morgan fingerprint density at radius 1 is 1.30 bits per heavy atom. The second-order valence-corrected chi connectivity index (χ2v) is 4.80. The van der Waals surface area contributed by atoms with Gasteiger partial charge in [-0.1, -0.05) is 28.1 Å². The van der Waals surface area contributed by atoms with Crippen LogP contribution in [-0.4, -0.2) is 17.2 Å². The third kappa shape index (κ3) is 3.42. The summed E-state index contributed by atoms with van der Waals surface area (Å²) in [6, 6.07) is 10.4. The van der Waals surface area contributed by atoms with E-state index in [9.17, 15) is 14.3 Å². The fourth-order valence-electron chi connectivity index (χ4n) is 1.49. The molecule has 2 N–H and O–H groups in total. The molecule has 102 valence electrons. The molecule has 0 aliphatic carbocycles. The zero-order valence-corrected chi connectivity index (χ0v) is 11.8. The number of rotatable bonds is 3. The van der Waals surface area contributed by atoms with E-state index in [0.717, 1.165) is 4.47 Å². The van der Waals surface area contributed by atoms with E-state index in [0.29, 0.717) is 5.56 Å². The lowest BCUT2D eigenvalue weighted by Crippen LogP contribution is -2.18. The van der Waals surface area contributed by atoms with Gasteiger partial charge in [-0.2, -0.15) is 5.10 Å². The van der Waals surface area contributed by atoms with Crippen molar-refractivity contribution in [3.05, 3.63) is 63.9 Å². The molecule has 0 aliphatic heterocycles. The molecule has 1 amide bonds. The molecule has 0 spiro atoms. The largest absolute Gasteiger partial charge is 0.507 e. The first-order valence-corrected chi connectivity index (χ1v) is 6.43. The molecule has 4 nitrogen and oxygen atoms in total. The lowest BCUT2D eigenvalue weighted by molar-refractivity contribution is 0.0951. The molecule has 0 saturated carbocycles. The Bertz CT molecular complexity index is 674. The van der Waals surface area contributed by atoms with Gasteiger partial charge < -0.3 is 5.11 Å². The average molecular weight is 337 g/mol. The SMILES string of the molecule is O=C(N/N=C/c1cc(Br)ccc1O)c1ccccc1F. The Morgan fingerprint density at radius 2 is 2.05 bits per heavy atom. The molecule has 0 fully saturated rings. The first kappa shape index (κ1) is 14.2. The van der Waals surface area contributed by atoms with Gasteiger partial charge in [-0.15, -0.1) is 0 Å². The van der Waals surface area contributed by atoms with Gasteiger partial charge in [0, 0.05) is 10.0 Å². The van der Waals surface area contributed by atoms with Crippen molar-refractivity contribution in [3.8, 4) is 5.75 Å². The van der Waals surface area contributed by atoms with E-state index in [1.54, 1.807) is 18.2 Å². The van der Waals surface area contributed by atoms with Crippen molar-refractivity contribution in [2.45, 2.75) is 0 Å². The first-order chi connectivity index (χ1) is 9.58. The molecule has 0 radical (unpaired) electrons. The molecule has 0 unspecified atom stereocenters. The number of amides is 1. The molecule has 20 heavy (non-hydrogen) atoms. The Labute approximate surface area is 123 Å². The van der Waals surface area contributed by atoms with Crippen LogP contribution in [0.5, 0.6) is 5.75 Å². The summed E-state index contributed by atoms with van der Waals surface area (Å²) in [6.45, 7) is 0. The third-order valence-corrected chi connectivity index (χ3v) is 2.97. The van der Waals surface area contributed by atoms with Crippen LogP contribution >= 0.6 is 15.9 Å². The van der Waals surface area contributed by atoms with Gasteiger partial charge in [0.1, 0.15) is 11.6 Å². The van der Waals surface area contributed by atoms with Gasteiger partial charge in [-0.05, 0) is 30.3 Å². The van der Waals surface area contributed by atoms with E-state index in [-0.39, 0.29) is 11.3 Å². The van der Waals surface area contributed by atoms with Gasteiger partial charge in [0.05, 0.1) is 11.8 Å². The van der Waals surface area contributed by atoms with Gasteiger partial charge in [0.2, 0.25) is 0 Å². The van der Waals surface area contributed by atoms with E-state index in [1.165, 1.54) is 30.5 Å². The van der Waals surface area contributed by atoms with Crippen LogP contribution in [0.15, 0.2) is 52.0 Å². The number of hydrazone groups is 1. The van der Waals surface area contributed by atoms with Crippen molar-refractivity contribution in [1.82, 2.24) is 5.43 Å². The fourth-order valence-corrected chi connectivity index (χ4v) is 1.87. The molecule has 2 aromatic rings. The van der Waals surface area contributed by atoms with Crippen molar-refractivity contribution >= 4 is 28.1 Å². The van der Waals surface area contributed by atoms with E-state index in [4.69, 9.17) is 0 Å². The Hall–Kier alpha value is -2.21. The fraction of sp³-hybridized carbons (Fsp3) is 0. The number of carbonyl (C=O) groups is 1. The topological polar surface area (TPSA) is 61.7 Å². The number of nitrogens with one attached hydrogen (secondary N) is 1. The van der Waals surface area contributed by atoms with E-state index >= 15 is 0 Å². The van der Waals surface area contributed by atoms with Crippen LogP contribution in [0.3, 0.4) is 0 Å². The Kier molecular flexibility index (Phi) is 4.47. The maximum atomic E-state index is 13.3. The summed E-state index contributed by atoms with van der Waals surface area (Å²) in [4.78, 5) is 11.7. The monoisotopic (exact) mass is 336 g/mol. The Balaban J connectivity index is 2.09. The van der Waals surface area contributed by atoms with E-state index in [2.05, 4.69) is 26.5 Å². The molecule has 6 heteroatoms. The summed E-state index contributed by atoms with van der Waals surface area (Å²) in [7, 11) is 0. The van der Waals surface area contributed by atoms with Gasteiger partial charge in [0.25, 0.3) is 5.91 Å². The van der Waals surface area contributed by atoms with Crippen molar-refractivity contribution < 1.29 is 14.3 Å². The molecule has 0 saturated heterocycles. The molecule has 0 heterocycles. The highest BCUT2D eigenvalue weighted by Gasteiger charge is 2.09. The second-order valence-electron chi connectivity index (χ2n) is 3.88. The number of phenols is 1. The van der Waals surface area contributed by atoms with Crippen LogP contribution < -0.4 is 5.43 Å². The predicted octanol–water partition coefficient (Wildman–Crippen LogP) is 3.06. The molecule has 0 aliphatic rings. The smallest absolute Gasteiger partial charge is 0.274 e. The maximum absolute atomic E-state index is 13.3. The maximum Gasteiger partial charge on any atom is 0.274 e. The molecular weight excluding hydrogens is 327 g/mol. The van der Waals surface area contributed by atoms with Gasteiger partial charge in [-0.25, -0.2) is 9.82 Å². The number of halogens is 2. The minimum absolute atomic E-state index is 0.0251. The van der Waals surface area contributed by atoms with Crippen LogP contribution in [0.1, 0.15) is 15.9 Å². The number of hydrogen-bond donors (Lipinski definition) is 2.